The highest BCUT2D eigenvalue weighted by molar-refractivity contribution is 7.80. The molecule has 2 fully saturated rings. The fourth-order valence-electron chi connectivity index (χ4n) is 4.43. The third kappa shape index (κ3) is 5.79. The first-order chi connectivity index (χ1) is 15.5. The molecule has 2 saturated heterocycles. The first-order valence-electron chi connectivity index (χ1n) is 11.7. The van der Waals surface area contributed by atoms with Crippen molar-refractivity contribution in [3.8, 4) is 0 Å². The predicted octanol–water partition coefficient (Wildman–Crippen LogP) is 3.73. The number of piperidine rings is 1. The van der Waals surface area contributed by atoms with Crippen molar-refractivity contribution in [1.82, 2.24) is 15.3 Å². The Hall–Kier alpha value is -2.61. The van der Waals surface area contributed by atoms with Crippen LogP contribution in [-0.4, -0.2) is 60.4 Å². The van der Waals surface area contributed by atoms with Crippen molar-refractivity contribution < 1.29 is 0 Å². The Kier molecular flexibility index (Phi) is 7.29. The lowest BCUT2D eigenvalue weighted by atomic mass is 10.0. The van der Waals surface area contributed by atoms with Crippen LogP contribution in [0.4, 0.5) is 23.3 Å². The van der Waals surface area contributed by atoms with Crippen LogP contribution in [0.3, 0.4) is 0 Å². The largest absolute Gasteiger partial charge is 0.368 e. The van der Waals surface area contributed by atoms with Crippen LogP contribution in [0.25, 0.3) is 0 Å². The van der Waals surface area contributed by atoms with Gasteiger partial charge in [-0.15, -0.1) is 0 Å². The maximum Gasteiger partial charge on any atom is 0.232 e. The highest BCUT2D eigenvalue weighted by Gasteiger charge is 2.23. The maximum absolute atomic E-state index is 5.46. The lowest BCUT2D eigenvalue weighted by molar-refractivity contribution is 0.444. The minimum absolute atomic E-state index is 0.256. The number of piperazine rings is 1. The molecule has 2 aliphatic heterocycles. The Morgan fingerprint density at radius 2 is 1.62 bits per heavy atom. The van der Waals surface area contributed by atoms with E-state index in [-0.39, 0.29) is 6.04 Å². The van der Waals surface area contributed by atoms with Gasteiger partial charge in [-0.1, -0.05) is 25.1 Å². The first kappa shape index (κ1) is 22.6. The maximum atomic E-state index is 5.46. The van der Waals surface area contributed by atoms with Gasteiger partial charge in [-0.25, -0.2) is 0 Å². The summed E-state index contributed by atoms with van der Waals surface area (Å²) in [6, 6.07) is 13.0. The molecule has 2 aliphatic rings. The Morgan fingerprint density at radius 3 is 2.28 bits per heavy atom. The summed E-state index contributed by atoms with van der Waals surface area (Å²) < 4.78 is 0. The molecule has 8 heteroatoms. The van der Waals surface area contributed by atoms with Crippen LogP contribution in [0.5, 0.6) is 0 Å². The van der Waals surface area contributed by atoms with Crippen molar-refractivity contribution in [2.75, 3.05) is 59.3 Å². The van der Waals surface area contributed by atoms with Gasteiger partial charge in [0, 0.05) is 57.1 Å². The molecular weight excluding hydrogens is 418 g/mol. The molecule has 0 radical (unpaired) electrons. The zero-order valence-electron chi connectivity index (χ0n) is 19.4. The minimum atomic E-state index is 0.256. The average Bonchev–Trinajstić information content (AvgIpc) is 2.79. The smallest absolute Gasteiger partial charge is 0.232 e. The van der Waals surface area contributed by atoms with Gasteiger partial charge in [-0.05, 0) is 57.0 Å². The SMILES string of the molecule is CC(C)NC(=S)Nc1nc(N2CCN(c3ccccc3)CC2)cc(N2CCC[C@@H](C)C2)n1. The van der Waals surface area contributed by atoms with Crippen molar-refractivity contribution in [2.24, 2.45) is 5.92 Å². The van der Waals surface area contributed by atoms with Gasteiger partial charge in [0.05, 0.1) is 0 Å². The zero-order chi connectivity index (χ0) is 22.5. The first-order valence-corrected chi connectivity index (χ1v) is 12.2. The molecule has 2 aromatic rings. The quantitative estimate of drug-likeness (QED) is 0.664. The van der Waals surface area contributed by atoms with Gasteiger partial charge in [-0.2, -0.15) is 9.97 Å². The molecule has 0 unspecified atom stereocenters. The van der Waals surface area contributed by atoms with E-state index >= 15 is 0 Å². The number of para-hydroxylation sites is 1. The lowest BCUT2D eigenvalue weighted by Gasteiger charge is -2.37. The van der Waals surface area contributed by atoms with Gasteiger partial charge in [-0.3, -0.25) is 0 Å². The van der Waals surface area contributed by atoms with E-state index in [0.29, 0.717) is 17.0 Å². The van der Waals surface area contributed by atoms with E-state index in [1.165, 1.54) is 18.5 Å². The highest BCUT2D eigenvalue weighted by Crippen LogP contribution is 2.27. The monoisotopic (exact) mass is 453 g/mol. The van der Waals surface area contributed by atoms with Crippen LogP contribution >= 0.6 is 12.2 Å². The van der Waals surface area contributed by atoms with Gasteiger partial charge >= 0.3 is 0 Å². The van der Waals surface area contributed by atoms with Crippen LogP contribution in [0.2, 0.25) is 0 Å². The zero-order valence-corrected chi connectivity index (χ0v) is 20.2. The van der Waals surface area contributed by atoms with E-state index in [2.05, 4.69) is 82.5 Å². The summed E-state index contributed by atoms with van der Waals surface area (Å²) in [4.78, 5) is 16.9. The third-order valence-electron chi connectivity index (χ3n) is 6.05. The molecule has 1 aromatic heterocycles. The Morgan fingerprint density at radius 1 is 0.969 bits per heavy atom. The molecule has 2 N–H and O–H groups in total. The number of thiocarbonyl (C=S) groups is 1. The summed E-state index contributed by atoms with van der Waals surface area (Å²) >= 11 is 5.46. The molecule has 1 aromatic carbocycles. The van der Waals surface area contributed by atoms with Crippen molar-refractivity contribution >= 4 is 40.6 Å². The lowest BCUT2D eigenvalue weighted by Crippen LogP contribution is -2.47. The fraction of sp³-hybridized carbons (Fsp3) is 0.542. The van der Waals surface area contributed by atoms with Crippen LogP contribution in [0.1, 0.15) is 33.6 Å². The molecule has 3 heterocycles. The number of hydrogen-bond acceptors (Lipinski definition) is 6. The normalized spacial score (nSPS) is 19.2. The summed E-state index contributed by atoms with van der Waals surface area (Å²) in [5.41, 5.74) is 1.28. The highest BCUT2D eigenvalue weighted by atomic mass is 32.1. The summed E-state index contributed by atoms with van der Waals surface area (Å²) in [5, 5.41) is 7.00. The summed E-state index contributed by atoms with van der Waals surface area (Å²) in [7, 11) is 0. The number of nitrogens with one attached hydrogen (secondary N) is 2. The topological polar surface area (TPSA) is 59.6 Å². The van der Waals surface area contributed by atoms with E-state index in [1.807, 2.05) is 0 Å². The number of hydrogen-bond donors (Lipinski definition) is 2. The molecule has 32 heavy (non-hydrogen) atoms. The Labute approximate surface area is 197 Å². The minimum Gasteiger partial charge on any atom is -0.368 e. The summed E-state index contributed by atoms with van der Waals surface area (Å²) in [6.45, 7) is 12.3. The molecular formula is C24H35N7S. The summed E-state index contributed by atoms with van der Waals surface area (Å²) in [5.74, 6) is 3.20. The van der Waals surface area contributed by atoms with Crippen molar-refractivity contribution in [2.45, 2.75) is 39.7 Å². The van der Waals surface area contributed by atoms with Gasteiger partial charge in [0.25, 0.3) is 0 Å². The molecule has 0 saturated carbocycles. The molecule has 4 rings (SSSR count). The number of aromatic nitrogens is 2. The van der Waals surface area contributed by atoms with Crippen LogP contribution in [0, 0.1) is 5.92 Å². The number of benzene rings is 1. The third-order valence-corrected chi connectivity index (χ3v) is 6.27. The fourth-order valence-corrected chi connectivity index (χ4v) is 4.76. The molecule has 7 nitrogen and oxygen atoms in total. The van der Waals surface area contributed by atoms with Gasteiger partial charge in [0.2, 0.25) is 5.95 Å². The van der Waals surface area contributed by atoms with E-state index in [9.17, 15) is 0 Å². The molecule has 0 bridgehead atoms. The molecule has 0 spiro atoms. The van der Waals surface area contributed by atoms with Crippen LogP contribution in [-0.2, 0) is 0 Å². The number of anilines is 4. The number of rotatable bonds is 5. The van der Waals surface area contributed by atoms with Crippen molar-refractivity contribution in [1.29, 1.82) is 0 Å². The second-order valence-electron chi connectivity index (χ2n) is 9.16. The predicted molar refractivity (Wildman–Crippen MR) is 138 cm³/mol. The van der Waals surface area contributed by atoms with Gasteiger partial charge < -0.3 is 25.3 Å². The van der Waals surface area contributed by atoms with Gasteiger partial charge in [0.15, 0.2) is 5.11 Å². The molecule has 0 amide bonds. The Balaban J connectivity index is 1.53. The van der Waals surface area contributed by atoms with Crippen molar-refractivity contribution in [3.63, 3.8) is 0 Å². The summed E-state index contributed by atoms with van der Waals surface area (Å²) in [6.07, 6.45) is 2.48. The molecule has 172 valence electrons. The van der Waals surface area contributed by atoms with Crippen LogP contribution < -0.4 is 25.3 Å². The number of nitrogens with zero attached hydrogens (tertiary/aromatic N) is 5. The van der Waals surface area contributed by atoms with E-state index in [0.717, 1.165) is 50.9 Å². The molecule has 1 atom stereocenters. The van der Waals surface area contributed by atoms with E-state index < -0.39 is 0 Å². The van der Waals surface area contributed by atoms with E-state index in [1.54, 1.807) is 0 Å². The standard InChI is InChI=1S/C24H35N7S/c1-18(2)25-24(32)28-23-26-21(16-22(27-23)31-11-7-8-19(3)17-31)30-14-12-29(13-15-30)20-9-5-4-6-10-20/h4-6,9-10,16,18-19H,7-8,11-15,17H2,1-3H3,(H2,25,26,27,28,32)/t19-/m1/s1. The van der Waals surface area contributed by atoms with Gasteiger partial charge in [0.1, 0.15) is 11.6 Å². The second kappa shape index (κ2) is 10.3. The second-order valence-corrected chi connectivity index (χ2v) is 9.57. The van der Waals surface area contributed by atoms with Crippen molar-refractivity contribution in [3.05, 3.63) is 36.4 Å². The molecule has 0 aliphatic carbocycles. The Bertz CT molecular complexity index is 896. The van der Waals surface area contributed by atoms with E-state index in [4.69, 9.17) is 22.2 Å². The average molecular weight is 454 g/mol. The van der Waals surface area contributed by atoms with Crippen LogP contribution in [0.15, 0.2) is 36.4 Å².